The molecule has 1 fully saturated rings. The van der Waals surface area contributed by atoms with E-state index in [0.29, 0.717) is 17.8 Å². The predicted octanol–water partition coefficient (Wildman–Crippen LogP) is 0.133. The van der Waals surface area contributed by atoms with Gasteiger partial charge in [-0.25, -0.2) is 4.79 Å². The van der Waals surface area contributed by atoms with Gasteiger partial charge in [0.15, 0.2) is 5.78 Å². The molecule has 15 heavy (non-hydrogen) atoms. The Labute approximate surface area is 86.6 Å². The van der Waals surface area contributed by atoms with Crippen LogP contribution in [0.5, 0.6) is 0 Å². The fraction of sp³-hybridized carbons (Fsp3) is 0.200. The van der Waals surface area contributed by atoms with Crippen molar-refractivity contribution < 1.29 is 9.59 Å². The van der Waals surface area contributed by atoms with E-state index in [1.54, 1.807) is 24.3 Å². The molecule has 0 spiro atoms. The standard InChI is InChI=1S/C10H11N3O2/c11-7-4-2-1-3-6(7)9(14)8-5-12-10(15)13-8/h1-4,8H,5,11H2,(H2,12,13,15). The van der Waals surface area contributed by atoms with E-state index in [1.807, 2.05) is 0 Å². The lowest BCUT2D eigenvalue weighted by atomic mass is 10.0. The average Bonchev–Trinajstić information content (AvgIpc) is 2.65. The predicted molar refractivity (Wildman–Crippen MR) is 55.5 cm³/mol. The second kappa shape index (κ2) is 3.61. The van der Waals surface area contributed by atoms with Crippen molar-refractivity contribution in [3.8, 4) is 0 Å². The van der Waals surface area contributed by atoms with Gasteiger partial charge in [-0.05, 0) is 12.1 Å². The molecule has 1 heterocycles. The Bertz CT molecular complexity index is 417. The van der Waals surface area contributed by atoms with Gasteiger partial charge in [0.2, 0.25) is 0 Å². The molecule has 1 atom stereocenters. The normalized spacial score (nSPS) is 19.5. The molecule has 78 valence electrons. The van der Waals surface area contributed by atoms with E-state index >= 15 is 0 Å². The number of nitrogens with two attached hydrogens (primary N) is 1. The fourth-order valence-corrected chi connectivity index (χ4v) is 1.52. The minimum Gasteiger partial charge on any atom is -0.398 e. The van der Waals surface area contributed by atoms with Crippen molar-refractivity contribution in [3.05, 3.63) is 29.8 Å². The van der Waals surface area contributed by atoms with Crippen molar-refractivity contribution in [2.24, 2.45) is 0 Å². The van der Waals surface area contributed by atoms with Crippen molar-refractivity contribution in [2.45, 2.75) is 6.04 Å². The molecule has 5 nitrogen and oxygen atoms in total. The van der Waals surface area contributed by atoms with E-state index < -0.39 is 6.04 Å². The maximum atomic E-state index is 11.9. The van der Waals surface area contributed by atoms with Crippen LogP contribution in [0.2, 0.25) is 0 Å². The molecule has 0 saturated carbocycles. The van der Waals surface area contributed by atoms with Crippen LogP contribution < -0.4 is 16.4 Å². The summed E-state index contributed by atoms with van der Waals surface area (Å²) in [6, 6.07) is 6.00. The van der Waals surface area contributed by atoms with E-state index in [2.05, 4.69) is 10.6 Å². The SMILES string of the molecule is Nc1ccccc1C(=O)C1CNC(=O)N1. The summed E-state index contributed by atoms with van der Waals surface area (Å²) in [7, 11) is 0. The number of amides is 2. The number of anilines is 1. The Morgan fingerprint density at radius 1 is 1.40 bits per heavy atom. The van der Waals surface area contributed by atoms with Crippen LogP contribution in [-0.4, -0.2) is 24.4 Å². The number of para-hydroxylation sites is 1. The van der Waals surface area contributed by atoms with Crippen molar-refractivity contribution in [3.63, 3.8) is 0 Å². The lowest BCUT2D eigenvalue weighted by Crippen LogP contribution is -2.34. The van der Waals surface area contributed by atoms with Gasteiger partial charge in [0.1, 0.15) is 6.04 Å². The Morgan fingerprint density at radius 2 is 2.13 bits per heavy atom. The average molecular weight is 205 g/mol. The molecule has 2 rings (SSSR count). The molecular formula is C10H11N3O2. The first-order valence-corrected chi connectivity index (χ1v) is 4.61. The molecule has 5 heteroatoms. The highest BCUT2D eigenvalue weighted by Crippen LogP contribution is 2.13. The number of nitrogen functional groups attached to an aromatic ring is 1. The zero-order valence-electron chi connectivity index (χ0n) is 7.99. The molecule has 0 radical (unpaired) electrons. The summed E-state index contributed by atoms with van der Waals surface area (Å²) in [5.74, 6) is -0.161. The van der Waals surface area contributed by atoms with Gasteiger partial charge in [0.05, 0.1) is 0 Å². The zero-order valence-corrected chi connectivity index (χ0v) is 7.99. The largest absolute Gasteiger partial charge is 0.398 e. The summed E-state index contributed by atoms with van der Waals surface area (Å²) in [5.41, 5.74) is 6.55. The minimum atomic E-state index is -0.512. The summed E-state index contributed by atoms with van der Waals surface area (Å²) >= 11 is 0. The van der Waals surface area contributed by atoms with E-state index in [1.165, 1.54) is 0 Å². The fourth-order valence-electron chi connectivity index (χ4n) is 1.52. The molecule has 1 aliphatic heterocycles. The molecule has 0 bridgehead atoms. The molecule has 4 N–H and O–H groups in total. The van der Waals surface area contributed by atoms with Gasteiger partial charge in [-0.3, -0.25) is 4.79 Å². The first kappa shape index (κ1) is 9.51. The Hall–Kier alpha value is -2.04. The highest BCUT2D eigenvalue weighted by molar-refractivity contribution is 6.06. The Morgan fingerprint density at radius 3 is 2.73 bits per heavy atom. The summed E-state index contributed by atoms with van der Waals surface area (Å²) in [6.45, 7) is 0.312. The summed E-state index contributed by atoms with van der Waals surface area (Å²) < 4.78 is 0. The van der Waals surface area contributed by atoms with Gasteiger partial charge in [-0.1, -0.05) is 12.1 Å². The number of hydrogen-bond donors (Lipinski definition) is 3. The van der Waals surface area contributed by atoms with Gasteiger partial charge < -0.3 is 16.4 Å². The summed E-state index contributed by atoms with van der Waals surface area (Å²) in [4.78, 5) is 22.7. The summed E-state index contributed by atoms with van der Waals surface area (Å²) in [5, 5.41) is 5.05. The number of ketones is 1. The number of Topliss-reactive ketones (excluding diaryl/α,β-unsaturated/α-hetero) is 1. The topological polar surface area (TPSA) is 84.2 Å². The van der Waals surface area contributed by atoms with Crippen LogP contribution in [0, 0.1) is 0 Å². The molecule has 1 aliphatic rings. The molecule has 1 unspecified atom stereocenters. The number of hydrogen-bond acceptors (Lipinski definition) is 3. The molecule has 1 saturated heterocycles. The van der Waals surface area contributed by atoms with Crippen LogP contribution in [0.15, 0.2) is 24.3 Å². The van der Waals surface area contributed by atoms with Crippen LogP contribution >= 0.6 is 0 Å². The van der Waals surface area contributed by atoms with E-state index in [-0.39, 0.29) is 11.8 Å². The smallest absolute Gasteiger partial charge is 0.315 e. The van der Waals surface area contributed by atoms with Gasteiger partial charge in [-0.15, -0.1) is 0 Å². The first-order chi connectivity index (χ1) is 7.18. The lowest BCUT2D eigenvalue weighted by Gasteiger charge is -2.09. The van der Waals surface area contributed by atoms with Gasteiger partial charge >= 0.3 is 6.03 Å². The van der Waals surface area contributed by atoms with Gasteiger partial charge in [0.25, 0.3) is 0 Å². The van der Waals surface area contributed by atoms with E-state index in [9.17, 15) is 9.59 Å². The van der Waals surface area contributed by atoms with Crippen molar-refractivity contribution in [2.75, 3.05) is 12.3 Å². The minimum absolute atomic E-state index is 0.161. The first-order valence-electron chi connectivity index (χ1n) is 4.61. The number of nitrogens with one attached hydrogen (secondary N) is 2. The second-order valence-electron chi connectivity index (χ2n) is 3.36. The van der Waals surface area contributed by atoms with Crippen molar-refractivity contribution >= 4 is 17.5 Å². The number of rotatable bonds is 2. The molecule has 0 aromatic heterocycles. The van der Waals surface area contributed by atoms with Crippen LogP contribution in [0.4, 0.5) is 10.5 Å². The van der Waals surface area contributed by atoms with Crippen molar-refractivity contribution in [1.82, 2.24) is 10.6 Å². The molecule has 0 aliphatic carbocycles. The highest BCUT2D eigenvalue weighted by Gasteiger charge is 2.28. The van der Waals surface area contributed by atoms with Crippen molar-refractivity contribution in [1.29, 1.82) is 0 Å². The molecule has 1 aromatic carbocycles. The van der Waals surface area contributed by atoms with Gasteiger partial charge in [0, 0.05) is 17.8 Å². The summed E-state index contributed by atoms with van der Waals surface area (Å²) in [6.07, 6.45) is 0. The van der Waals surface area contributed by atoms with Crippen LogP contribution in [0.3, 0.4) is 0 Å². The Kier molecular flexibility index (Phi) is 2.29. The lowest BCUT2D eigenvalue weighted by molar-refractivity contribution is 0.0959. The third-order valence-electron chi connectivity index (χ3n) is 2.31. The second-order valence-corrected chi connectivity index (χ2v) is 3.36. The quantitative estimate of drug-likeness (QED) is 0.474. The van der Waals surface area contributed by atoms with E-state index in [0.717, 1.165) is 0 Å². The zero-order chi connectivity index (χ0) is 10.8. The highest BCUT2D eigenvalue weighted by atomic mass is 16.2. The number of carbonyl (C=O) groups is 2. The monoisotopic (exact) mass is 205 g/mol. The van der Waals surface area contributed by atoms with Crippen LogP contribution in [-0.2, 0) is 0 Å². The number of benzene rings is 1. The third kappa shape index (κ3) is 1.76. The number of urea groups is 1. The maximum Gasteiger partial charge on any atom is 0.315 e. The van der Waals surface area contributed by atoms with Gasteiger partial charge in [-0.2, -0.15) is 0 Å². The molecular weight excluding hydrogens is 194 g/mol. The van der Waals surface area contributed by atoms with E-state index in [4.69, 9.17) is 5.73 Å². The molecule has 2 amide bonds. The van der Waals surface area contributed by atoms with Crippen LogP contribution in [0.25, 0.3) is 0 Å². The third-order valence-corrected chi connectivity index (χ3v) is 2.31. The molecule has 1 aromatic rings. The maximum absolute atomic E-state index is 11.9. The van der Waals surface area contributed by atoms with Crippen LogP contribution in [0.1, 0.15) is 10.4 Å². The number of carbonyl (C=O) groups excluding carboxylic acids is 2. The Balaban J connectivity index is 2.21.